The van der Waals surface area contributed by atoms with E-state index in [4.69, 9.17) is 5.14 Å². The molecule has 0 saturated carbocycles. The molecule has 3 N–H and O–H groups in total. The first-order valence-corrected chi connectivity index (χ1v) is 10.6. The second-order valence-corrected chi connectivity index (χ2v) is 8.31. The summed E-state index contributed by atoms with van der Waals surface area (Å²) < 4.78 is 22.9. The lowest BCUT2D eigenvalue weighted by Crippen LogP contribution is -2.43. The molecule has 26 heavy (non-hydrogen) atoms. The number of anilines is 1. The SMILES string of the molecule is CCC(CC)[C@H](CNc1ccc(S(N)(=O)=O)cc1[N+](=O)[O-])N1CCCC1. The normalized spacial score (nSPS) is 16.8. The fourth-order valence-electron chi connectivity index (χ4n) is 3.70. The highest BCUT2D eigenvalue weighted by Crippen LogP contribution is 2.29. The van der Waals surface area contributed by atoms with Gasteiger partial charge in [-0.1, -0.05) is 26.7 Å². The van der Waals surface area contributed by atoms with Gasteiger partial charge in [-0.3, -0.25) is 15.0 Å². The van der Waals surface area contributed by atoms with Crippen LogP contribution in [0, 0.1) is 16.0 Å². The lowest BCUT2D eigenvalue weighted by molar-refractivity contribution is -0.384. The summed E-state index contributed by atoms with van der Waals surface area (Å²) in [5.74, 6) is 0.503. The van der Waals surface area contributed by atoms with Crippen LogP contribution < -0.4 is 10.5 Å². The van der Waals surface area contributed by atoms with Crippen LogP contribution in [0.1, 0.15) is 39.5 Å². The summed E-state index contributed by atoms with van der Waals surface area (Å²) in [6, 6.07) is 4.03. The molecule has 2 rings (SSSR count). The maximum absolute atomic E-state index is 11.5. The molecule has 0 amide bonds. The molecule has 146 valence electrons. The van der Waals surface area contributed by atoms with E-state index in [0.29, 0.717) is 24.2 Å². The number of nitrogens with zero attached hydrogens (tertiary/aromatic N) is 2. The van der Waals surface area contributed by atoms with Gasteiger partial charge in [-0.25, -0.2) is 13.6 Å². The van der Waals surface area contributed by atoms with Crippen molar-refractivity contribution in [3.63, 3.8) is 0 Å². The highest BCUT2D eigenvalue weighted by atomic mass is 32.2. The first-order valence-electron chi connectivity index (χ1n) is 9.07. The Bertz CT molecular complexity index is 726. The summed E-state index contributed by atoms with van der Waals surface area (Å²) in [6.07, 6.45) is 4.46. The Balaban J connectivity index is 2.23. The maximum Gasteiger partial charge on any atom is 0.293 e. The van der Waals surface area contributed by atoms with Crippen molar-refractivity contribution in [2.24, 2.45) is 11.1 Å². The molecule has 1 fully saturated rings. The van der Waals surface area contributed by atoms with E-state index in [1.54, 1.807) is 0 Å². The van der Waals surface area contributed by atoms with Gasteiger partial charge in [0.2, 0.25) is 10.0 Å². The number of likely N-dealkylation sites (tertiary alicyclic amines) is 1. The van der Waals surface area contributed by atoms with Crippen LogP contribution in [0.4, 0.5) is 11.4 Å². The van der Waals surface area contributed by atoms with Gasteiger partial charge < -0.3 is 5.32 Å². The lowest BCUT2D eigenvalue weighted by atomic mass is 9.93. The molecular weight excluding hydrogens is 356 g/mol. The molecule has 1 aromatic rings. The molecule has 0 aliphatic carbocycles. The zero-order valence-corrected chi connectivity index (χ0v) is 16.2. The number of nitro groups is 1. The minimum Gasteiger partial charge on any atom is -0.378 e. The maximum atomic E-state index is 11.5. The van der Waals surface area contributed by atoms with E-state index in [1.807, 2.05) is 0 Å². The van der Waals surface area contributed by atoms with E-state index in [-0.39, 0.29) is 10.6 Å². The third kappa shape index (κ3) is 4.93. The number of hydrogen-bond acceptors (Lipinski definition) is 6. The van der Waals surface area contributed by atoms with Gasteiger partial charge >= 0.3 is 0 Å². The Morgan fingerprint density at radius 3 is 2.38 bits per heavy atom. The minimum atomic E-state index is -3.98. The van der Waals surface area contributed by atoms with Crippen LogP contribution in [0.3, 0.4) is 0 Å². The van der Waals surface area contributed by atoms with Gasteiger partial charge in [0.25, 0.3) is 5.69 Å². The molecule has 9 heteroatoms. The molecule has 1 aromatic carbocycles. The van der Waals surface area contributed by atoms with Crippen molar-refractivity contribution in [3.8, 4) is 0 Å². The first kappa shape index (κ1) is 20.6. The topological polar surface area (TPSA) is 119 Å². The molecular formula is C17H28N4O4S. The van der Waals surface area contributed by atoms with Gasteiger partial charge in [0.15, 0.2) is 0 Å². The third-order valence-electron chi connectivity index (χ3n) is 5.20. The molecule has 1 saturated heterocycles. The number of sulfonamides is 1. The number of nitrogens with one attached hydrogen (secondary N) is 1. The summed E-state index contributed by atoms with van der Waals surface area (Å²) in [5.41, 5.74) is 0.0406. The van der Waals surface area contributed by atoms with Crippen molar-refractivity contribution in [2.75, 3.05) is 25.0 Å². The van der Waals surface area contributed by atoms with E-state index >= 15 is 0 Å². The zero-order chi connectivity index (χ0) is 19.3. The predicted molar refractivity (Wildman–Crippen MR) is 102 cm³/mol. The van der Waals surface area contributed by atoms with Crippen LogP contribution in [0.15, 0.2) is 23.1 Å². The number of hydrogen-bond donors (Lipinski definition) is 2. The van der Waals surface area contributed by atoms with Crippen molar-refractivity contribution < 1.29 is 13.3 Å². The van der Waals surface area contributed by atoms with Crippen LogP contribution >= 0.6 is 0 Å². The van der Waals surface area contributed by atoms with Crippen molar-refractivity contribution in [3.05, 3.63) is 28.3 Å². The number of rotatable bonds is 9. The molecule has 1 heterocycles. The molecule has 0 radical (unpaired) electrons. The fraction of sp³-hybridized carbons (Fsp3) is 0.647. The minimum absolute atomic E-state index is 0.258. The predicted octanol–water partition coefficient (Wildman–Crippen LogP) is 2.55. The third-order valence-corrected chi connectivity index (χ3v) is 6.11. The van der Waals surface area contributed by atoms with Gasteiger partial charge in [-0.15, -0.1) is 0 Å². The van der Waals surface area contributed by atoms with Crippen LogP contribution in [-0.2, 0) is 10.0 Å². The molecule has 1 aliphatic heterocycles. The molecule has 0 unspecified atom stereocenters. The lowest BCUT2D eigenvalue weighted by Gasteiger charge is -2.34. The summed E-state index contributed by atoms with van der Waals surface area (Å²) in [6.45, 7) is 7.02. The average Bonchev–Trinajstić information content (AvgIpc) is 3.11. The quantitative estimate of drug-likeness (QED) is 0.499. The number of nitrogens with two attached hydrogens (primary N) is 1. The van der Waals surface area contributed by atoms with Crippen molar-refractivity contribution in [2.45, 2.75) is 50.5 Å². The summed E-state index contributed by atoms with van der Waals surface area (Å²) >= 11 is 0. The Labute approximate surface area is 155 Å². The fourth-order valence-corrected chi connectivity index (χ4v) is 4.24. The Kier molecular flexibility index (Phi) is 6.96. The van der Waals surface area contributed by atoms with E-state index in [1.165, 1.54) is 25.0 Å². The zero-order valence-electron chi connectivity index (χ0n) is 15.3. The Morgan fingerprint density at radius 2 is 1.88 bits per heavy atom. The number of benzene rings is 1. The summed E-state index contributed by atoms with van der Waals surface area (Å²) in [7, 11) is -3.98. The largest absolute Gasteiger partial charge is 0.378 e. The summed E-state index contributed by atoms with van der Waals surface area (Å²) in [4.78, 5) is 13.0. The van der Waals surface area contributed by atoms with Gasteiger partial charge in [0, 0.05) is 18.7 Å². The average molecular weight is 385 g/mol. The van der Waals surface area contributed by atoms with E-state index in [0.717, 1.165) is 32.0 Å². The molecule has 1 atom stereocenters. The molecule has 0 spiro atoms. The molecule has 1 aliphatic rings. The molecule has 0 bridgehead atoms. The number of primary sulfonamides is 1. The van der Waals surface area contributed by atoms with E-state index < -0.39 is 14.9 Å². The van der Waals surface area contributed by atoms with Gasteiger partial charge in [-0.05, 0) is 44.0 Å². The van der Waals surface area contributed by atoms with Gasteiger partial charge in [0.05, 0.1) is 9.82 Å². The van der Waals surface area contributed by atoms with Crippen LogP contribution in [0.5, 0.6) is 0 Å². The van der Waals surface area contributed by atoms with E-state index in [9.17, 15) is 18.5 Å². The van der Waals surface area contributed by atoms with Crippen molar-refractivity contribution in [1.29, 1.82) is 0 Å². The van der Waals surface area contributed by atoms with Crippen molar-refractivity contribution in [1.82, 2.24) is 4.90 Å². The second-order valence-electron chi connectivity index (χ2n) is 6.75. The van der Waals surface area contributed by atoms with Gasteiger partial charge in [0.1, 0.15) is 5.69 Å². The molecule has 8 nitrogen and oxygen atoms in total. The number of nitro benzene ring substituents is 1. The highest BCUT2D eigenvalue weighted by molar-refractivity contribution is 7.89. The second kappa shape index (κ2) is 8.79. The van der Waals surface area contributed by atoms with E-state index in [2.05, 4.69) is 24.1 Å². The summed E-state index contributed by atoms with van der Waals surface area (Å²) in [5, 5.41) is 19.6. The Morgan fingerprint density at radius 1 is 1.27 bits per heavy atom. The first-order chi connectivity index (χ1) is 12.3. The van der Waals surface area contributed by atoms with Gasteiger partial charge in [-0.2, -0.15) is 0 Å². The van der Waals surface area contributed by atoms with Crippen LogP contribution in [0.2, 0.25) is 0 Å². The van der Waals surface area contributed by atoms with Crippen LogP contribution in [0.25, 0.3) is 0 Å². The standard InChI is InChI=1S/C17H28N4O4S/c1-3-13(4-2)17(20-9-5-6-10-20)12-19-15-8-7-14(26(18,24)25)11-16(15)21(22)23/h7-8,11,13,17,19H,3-6,9-10,12H2,1-2H3,(H2,18,24,25)/t17-/m0/s1. The smallest absolute Gasteiger partial charge is 0.293 e. The Hall–Kier alpha value is -1.71. The monoisotopic (exact) mass is 384 g/mol. The molecule has 0 aromatic heterocycles. The highest BCUT2D eigenvalue weighted by Gasteiger charge is 2.28. The van der Waals surface area contributed by atoms with Crippen molar-refractivity contribution >= 4 is 21.4 Å². The van der Waals surface area contributed by atoms with Crippen LogP contribution in [-0.4, -0.2) is 43.9 Å².